The van der Waals surface area contributed by atoms with Gasteiger partial charge in [0.1, 0.15) is 0 Å². The van der Waals surface area contributed by atoms with Crippen molar-refractivity contribution in [1.29, 1.82) is 0 Å². The molecule has 1 fully saturated rings. The van der Waals surface area contributed by atoms with E-state index in [0.29, 0.717) is 5.11 Å². The summed E-state index contributed by atoms with van der Waals surface area (Å²) in [6, 6.07) is 12.2. The van der Waals surface area contributed by atoms with Gasteiger partial charge in [0.25, 0.3) is 0 Å². The first-order valence-electron chi connectivity index (χ1n) is 7.80. The van der Waals surface area contributed by atoms with E-state index in [9.17, 15) is 0 Å². The first kappa shape index (κ1) is 16.9. The third-order valence-corrected chi connectivity index (χ3v) is 4.96. The maximum atomic E-state index is 5.38. The Morgan fingerprint density at radius 1 is 1.25 bits per heavy atom. The van der Waals surface area contributed by atoms with Crippen LogP contribution in [0, 0.1) is 6.92 Å². The summed E-state index contributed by atoms with van der Waals surface area (Å²) < 4.78 is 5.38. The Balaban J connectivity index is 1.52. The number of hydrogen-bond donors (Lipinski definition) is 2. The van der Waals surface area contributed by atoms with E-state index < -0.39 is 0 Å². The van der Waals surface area contributed by atoms with E-state index in [1.54, 1.807) is 17.6 Å². The Hall–Kier alpha value is -1.96. The van der Waals surface area contributed by atoms with Crippen LogP contribution < -0.4 is 15.6 Å². The second-order valence-corrected chi connectivity index (χ2v) is 6.92. The number of hydrogen-bond acceptors (Lipinski definition) is 5. The van der Waals surface area contributed by atoms with Crippen LogP contribution in [0.25, 0.3) is 0 Å². The van der Waals surface area contributed by atoms with E-state index in [1.165, 1.54) is 5.00 Å². The highest BCUT2D eigenvalue weighted by Crippen LogP contribution is 2.25. The van der Waals surface area contributed by atoms with Crippen LogP contribution in [0.2, 0.25) is 0 Å². The summed E-state index contributed by atoms with van der Waals surface area (Å²) in [6.45, 7) is 5.51. The molecule has 1 aliphatic heterocycles. The van der Waals surface area contributed by atoms with Crippen molar-refractivity contribution in [3.8, 4) is 0 Å². The van der Waals surface area contributed by atoms with Gasteiger partial charge in [0, 0.05) is 23.7 Å². The Morgan fingerprint density at radius 2 is 2.04 bits per heavy atom. The van der Waals surface area contributed by atoms with Gasteiger partial charge in [-0.25, -0.2) is 0 Å². The van der Waals surface area contributed by atoms with Crippen molar-refractivity contribution in [1.82, 2.24) is 5.43 Å². The summed E-state index contributed by atoms with van der Waals surface area (Å²) in [7, 11) is 0. The summed E-state index contributed by atoms with van der Waals surface area (Å²) in [5.41, 5.74) is 4.98. The third kappa shape index (κ3) is 4.53. The highest BCUT2D eigenvalue weighted by Gasteiger charge is 2.12. The molecule has 5 nitrogen and oxygen atoms in total. The lowest BCUT2D eigenvalue weighted by atomic mass is 10.2. The minimum absolute atomic E-state index is 0.477. The normalized spacial score (nSPS) is 14.8. The van der Waals surface area contributed by atoms with E-state index >= 15 is 0 Å². The maximum Gasteiger partial charge on any atom is 0.191 e. The summed E-state index contributed by atoms with van der Waals surface area (Å²) in [4.78, 5) is 3.42. The first-order chi connectivity index (χ1) is 11.7. The van der Waals surface area contributed by atoms with E-state index in [2.05, 4.69) is 32.9 Å². The molecule has 126 valence electrons. The van der Waals surface area contributed by atoms with Gasteiger partial charge in [-0.15, -0.1) is 11.3 Å². The largest absolute Gasteiger partial charge is 0.378 e. The van der Waals surface area contributed by atoms with Crippen LogP contribution in [0.4, 0.5) is 10.7 Å². The van der Waals surface area contributed by atoms with Crippen molar-refractivity contribution in [2.45, 2.75) is 6.92 Å². The monoisotopic (exact) mass is 360 g/mol. The van der Waals surface area contributed by atoms with Gasteiger partial charge in [0.15, 0.2) is 5.11 Å². The number of nitrogens with zero attached hydrogens (tertiary/aromatic N) is 2. The van der Waals surface area contributed by atoms with Crippen molar-refractivity contribution in [3.05, 3.63) is 46.8 Å². The number of thiocarbonyl (C=S) groups is 1. The number of nitrogens with one attached hydrogen (secondary N) is 2. The molecule has 2 aromatic rings. The fourth-order valence-electron chi connectivity index (χ4n) is 2.38. The van der Waals surface area contributed by atoms with E-state index in [4.69, 9.17) is 17.0 Å². The predicted molar refractivity (Wildman–Crippen MR) is 105 cm³/mol. The molecule has 1 aromatic heterocycles. The van der Waals surface area contributed by atoms with E-state index in [0.717, 1.165) is 42.4 Å². The molecule has 0 radical (unpaired) electrons. The molecule has 1 aliphatic rings. The second kappa shape index (κ2) is 8.23. The molecule has 0 atom stereocenters. The Bertz CT molecular complexity index is 723. The van der Waals surface area contributed by atoms with Gasteiger partial charge < -0.3 is 15.0 Å². The fourth-order valence-corrected chi connectivity index (χ4v) is 3.48. The van der Waals surface area contributed by atoms with Crippen molar-refractivity contribution in [2.75, 3.05) is 36.5 Å². The zero-order valence-corrected chi connectivity index (χ0v) is 15.1. The second-order valence-electron chi connectivity index (χ2n) is 5.41. The Labute approximate surface area is 151 Å². The average molecular weight is 361 g/mol. The molecule has 3 rings (SSSR count). The van der Waals surface area contributed by atoms with Gasteiger partial charge in [-0.2, -0.15) is 5.10 Å². The van der Waals surface area contributed by atoms with E-state index in [-0.39, 0.29) is 0 Å². The zero-order valence-electron chi connectivity index (χ0n) is 13.5. The maximum absolute atomic E-state index is 5.38. The number of morpholine rings is 1. The quantitative estimate of drug-likeness (QED) is 0.498. The molecule has 24 heavy (non-hydrogen) atoms. The van der Waals surface area contributed by atoms with Gasteiger partial charge in [-0.3, -0.25) is 5.43 Å². The smallest absolute Gasteiger partial charge is 0.191 e. The molecule has 0 saturated carbocycles. The van der Waals surface area contributed by atoms with Crippen molar-refractivity contribution in [2.24, 2.45) is 5.10 Å². The molecule has 2 N–H and O–H groups in total. The van der Waals surface area contributed by atoms with Crippen molar-refractivity contribution < 1.29 is 4.74 Å². The number of ether oxygens (including phenoxy) is 1. The predicted octanol–water partition coefficient (Wildman–Crippen LogP) is 3.21. The summed E-state index contributed by atoms with van der Waals surface area (Å²) >= 11 is 6.98. The van der Waals surface area contributed by atoms with Gasteiger partial charge in [0.05, 0.1) is 24.4 Å². The van der Waals surface area contributed by atoms with Crippen LogP contribution in [0.5, 0.6) is 0 Å². The van der Waals surface area contributed by atoms with Crippen molar-refractivity contribution in [3.63, 3.8) is 0 Å². The van der Waals surface area contributed by atoms with Crippen LogP contribution in [0.1, 0.15) is 10.4 Å². The molecule has 0 amide bonds. The molecule has 0 aliphatic carbocycles. The number of rotatable bonds is 4. The van der Waals surface area contributed by atoms with Crippen LogP contribution >= 0.6 is 23.6 Å². The number of benzene rings is 1. The molecular formula is C17H20N4OS2. The van der Waals surface area contributed by atoms with Crippen LogP contribution in [0.3, 0.4) is 0 Å². The Morgan fingerprint density at radius 3 is 2.83 bits per heavy atom. The SMILES string of the molecule is Cc1ccccc1NC(=S)N/N=C\c1ccc(N2CCOCC2)s1. The molecule has 2 heterocycles. The summed E-state index contributed by atoms with van der Waals surface area (Å²) in [6.07, 6.45) is 1.79. The number of aryl methyl sites for hydroxylation is 1. The Kier molecular flexibility index (Phi) is 5.79. The minimum atomic E-state index is 0.477. The lowest BCUT2D eigenvalue weighted by Gasteiger charge is -2.27. The standard InChI is InChI=1S/C17H20N4OS2/c1-13-4-2-3-5-15(13)19-17(23)20-18-12-14-6-7-16(24-14)21-8-10-22-11-9-21/h2-7,12H,8-11H2,1H3,(H2,19,20,23)/b18-12-. The van der Waals surface area contributed by atoms with Crippen LogP contribution in [0.15, 0.2) is 41.5 Å². The number of hydrazone groups is 1. The number of thiophene rings is 1. The lowest BCUT2D eigenvalue weighted by Crippen LogP contribution is -2.35. The summed E-state index contributed by atoms with van der Waals surface area (Å²) in [5.74, 6) is 0. The molecular weight excluding hydrogens is 340 g/mol. The number of anilines is 2. The molecule has 7 heteroatoms. The van der Waals surface area contributed by atoms with Crippen LogP contribution in [-0.2, 0) is 4.74 Å². The highest BCUT2D eigenvalue weighted by atomic mass is 32.1. The van der Waals surface area contributed by atoms with Gasteiger partial charge in [-0.1, -0.05) is 18.2 Å². The number of para-hydroxylation sites is 1. The highest BCUT2D eigenvalue weighted by molar-refractivity contribution is 7.80. The lowest BCUT2D eigenvalue weighted by molar-refractivity contribution is 0.123. The molecule has 0 bridgehead atoms. The topological polar surface area (TPSA) is 48.9 Å². The molecule has 1 saturated heterocycles. The first-order valence-corrected chi connectivity index (χ1v) is 9.03. The molecule has 0 spiro atoms. The van der Waals surface area contributed by atoms with Gasteiger partial charge in [0.2, 0.25) is 0 Å². The van der Waals surface area contributed by atoms with Gasteiger partial charge >= 0.3 is 0 Å². The zero-order chi connectivity index (χ0) is 16.8. The van der Waals surface area contributed by atoms with Gasteiger partial charge in [-0.05, 0) is 42.9 Å². The average Bonchev–Trinajstić information content (AvgIpc) is 3.07. The third-order valence-electron chi connectivity index (χ3n) is 3.69. The fraction of sp³-hybridized carbons (Fsp3) is 0.294. The van der Waals surface area contributed by atoms with Crippen molar-refractivity contribution >= 4 is 45.6 Å². The molecule has 1 aromatic carbocycles. The van der Waals surface area contributed by atoms with Crippen LogP contribution in [-0.4, -0.2) is 37.6 Å². The molecule has 0 unspecified atom stereocenters. The van der Waals surface area contributed by atoms with E-state index in [1.807, 2.05) is 31.2 Å². The summed E-state index contributed by atoms with van der Waals surface area (Å²) in [5, 5.41) is 9.08. The minimum Gasteiger partial charge on any atom is -0.378 e.